The van der Waals surface area contributed by atoms with Crippen LogP contribution in [0.15, 0.2) is 23.8 Å². The van der Waals surface area contributed by atoms with Crippen LogP contribution in [0, 0.1) is 23.7 Å². The first kappa shape index (κ1) is 9.34. The van der Waals surface area contributed by atoms with Crippen molar-refractivity contribution >= 4 is 5.78 Å². The van der Waals surface area contributed by atoms with Crippen molar-refractivity contribution in [1.29, 1.82) is 0 Å². The number of ketones is 1. The molecule has 0 spiro atoms. The Morgan fingerprint density at radius 3 is 2.60 bits per heavy atom. The maximum Gasteiger partial charge on any atom is 0.165 e. The maximum atomic E-state index is 12.2. The minimum absolute atomic E-state index is 0.140. The lowest BCUT2D eigenvalue weighted by atomic mass is 9.84. The summed E-state index contributed by atoms with van der Waals surface area (Å²) in [5.41, 5.74) is -0.336. The molecule has 80 valence electrons. The number of allylic oxidation sites excluding steroid dienone is 3. The summed E-state index contributed by atoms with van der Waals surface area (Å²) in [5, 5.41) is 9.93. The summed E-state index contributed by atoms with van der Waals surface area (Å²) in [4.78, 5) is 12.2. The van der Waals surface area contributed by atoms with Gasteiger partial charge in [0.15, 0.2) is 5.78 Å². The van der Waals surface area contributed by atoms with Crippen molar-refractivity contribution in [3.63, 3.8) is 0 Å². The number of aliphatic hydroxyl groups is 1. The average molecular weight is 204 g/mol. The standard InChI is InChI=1S/C13H16O2/c1-13(2,15)10-6-9-7-3-4-8(5-7)11(9)12(10)14/h3-4,6-9,11,15H,5H2,1-2H3/t7-,8+,9+,11-/m0/s1. The van der Waals surface area contributed by atoms with Crippen LogP contribution in [0.5, 0.6) is 0 Å². The molecule has 0 radical (unpaired) electrons. The molecule has 1 fully saturated rings. The number of carbonyl (C=O) groups excluding carboxylic acids is 1. The van der Waals surface area contributed by atoms with E-state index in [4.69, 9.17) is 0 Å². The zero-order valence-corrected chi connectivity index (χ0v) is 9.10. The molecule has 4 atom stereocenters. The zero-order chi connectivity index (χ0) is 10.8. The van der Waals surface area contributed by atoms with E-state index in [-0.39, 0.29) is 11.7 Å². The highest BCUT2D eigenvalue weighted by Crippen LogP contribution is 2.54. The fourth-order valence-corrected chi connectivity index (χ4v) is 3.42. The highest BCUT2D eigenvalue weighted by Gasteiger charge is 2.52. The summed E-state index contributed by atoms with van der Waals surface area (Å²) in [5.74, 6) is 1.67. The number of carbonyl (C=O) groups is 1. The van der Waals surface area contributed by atoms with Crippen molar-refractivity contribution in [3.05, 3.63) is 23.8 Å². The van der Waals surface area contributed by atoms with Crippen LogP contribution in [0.2, 0.25) is 0 Å². The minimum Gasteiger partial charge on any atom is -0.386 e. The summed E-state index contributed by atoms with van der Waals surface area (Å²) in [7, 11) is 0. The molecule has 3 rings (SSSR count). The fourth-order valence-electron chi connectivity index (χ4n) is 3.42. The van der Waals surface area contributed by atoms with E-state index < -0.39 is 5.60 Å². The summed E-state index contributed by atoms with van der Waals surface area (Å²) in [6, 6.07) is 0. The van der Waals surface area contributed by atoms with E-state index >= 15 is 0 Å². The van der Waals surface area contributed by atoms with Crippen LogP contribution >= 0.6 is 0 Å². The van der Waals surface area contributed by atoms with Crippen molar-refractivity contribution in [3.8, 4) is 0 Å². The molecule has 0 aromatic rings. The zero-order valence-electron chi connectivity index (χ0n) is 9.10. The minimum atomic E-state index is -0.971. The lowest BCUT2D eigenvalue weighted by Gasteiger charge is -2.21. The first-order valence-electron chi connectivity index (χ1n) is 5.65. The van der Waals surface area contributed by atoms with Gasteiger partial charge in [-0.05, 0) is 38.0 Å². The van der Waals surface area contributed by atoms with Gasteiger partial charge < -0.3 is 5.11 Å². The van der Waals surface area contributed by atoms with Gasteiger partial charge in [-0.3, -0.25) is 4.79 Å². The van der Waals surface area contributed by atoms with Crippen molar-refractivity contribution in [1.82, 2.24) is 0 Å². The van der Waals surface area contributed by atoms with Crippen molar-refractivity contribution in [2.24, 2.45) is 23.7 Å². The third-order valence-electron chi connectivity index (χ3n) is 4.11. The number of fused-ring (bicyclic) bond motifs is 5. The summed E-state index contributed by atoms with van der Waals surface area (Å²) < 4.78 is 0. The molecule has 2 heteroatoms. The summed E-state index contributed by atoms with van der Waals surface area (Å²) in [6.45, 7) is 3.40. The largest absolute Gasteiger partial charge is 0.386 e. The number of hydrogen-bond donors (Lipinski definition) is 1. The van der Waals surface area contributed by atoms with Crippen molar-refractivity contribution < 1.29 is 9.90 Å². The second-order valence-electron chi connectivity index (χ2n) is 5.56. The third-order valence-corrected chi connectivity index (χ3v) is 4.11. The van der Waals surface area contributed by atoms with E-state index in [1.165, 1.54) is 0 Å². The molecule has 0 unspecified atom stereocenters. The van der Waals surface area contributed by atoms with Gasteiger partial charge in [-0.15, -0.1) is 0 Å². The van der Waals surface area contributed by atoms with Gasteiger partial charge in [0.1, 0.15) is 0 Å². The van der Waals surface area contributed by atoms with E-state index in [2.05, 4.69) is 12.2 Å². The highest BCUT2D eigenvalue weighted by atomic mass is 16.3. The molecule has 2 nitrogen and oxygen atoms in total. The second-order valence-corrected chi connectivity index (χ2v) is 5.56. The van der Waals surface area contributed by atoms with E-state index in [0.29, 0.717) is 23.3 Å². The molecular formula is C13H16O2. The Bertz CT molecular complexity index is 384. The average Bonchev–Trinajstić information content (AvgIpc) is 2.73. The smallest absolute Gasteiger partial charge is 0.165 e. The first-order chi connectivity index (χ1) is 6.98. The Hall–Kier alpha value is -0.890. The van der Waals surface area contributed by atoms with Crippen LogP contribution in [0.4, 0.5) is 0 Å². The van der Waals surface area contributed by atoms with Gasteiger partial charge >= 0.3 is 0 Å². The molecule has 1 N–H and O–H groups in total. The van der Waals surface area contributed by atoms with Gasteiger partial charge in [0.25, 0.3) is 0 Å². The van der Waals surface area contributed by atoms with E-state index in [1.54, 1.807) is 13.8 Å². The third kappa shape index (κ3) is 1.11. The van der Waals surface area contributed by atoms with Gasteiger partial charge in [0.2, 0.25) is 0 Å². The second kappa shape index (κ2) is 2.62. The molecule has 1 saturated carbocycles. The van der Waals surface area contributed by atoms with Gasteiger partial charge in [-0.2, -0.15) is 0 Å². The molecule has 0 amide bonds. The first-order valence-corrected chi connectivity index (χ1v) is 5.65. The molecule has 3 aliphatic carbocycles. The Balaban J connectivity index is 1.99. The molecule has 0 aliphatic heterocycles. The molecule has 0 saturated heterocycles. The Morgan fingerprint density at radius 2 is 2.00 bits per heavy atom. The Kier molecular flexibility index (Phi) is 1.63. The monoisotopic (exact) mass is 204 g/mol. The lowest BCUT2D eigenvalue weighted by Crippen LogP contribution is -2.29. The predicted molar refractivity (Wildman–Crippen MR) is 57.1 cm³/mol. The van der Waals surface area contributed by atoms with E-state index in [9.17, 15) is 9.90 Å². The quantitative estimate of drug-likeness (QED) is 0.660. The number of hydrogen-bond acceptors (Lipinski definition) is 2. The van der Waals surface area contributed by atoms with E-state index in [1.807, 2.05) is 6.08 Å². The van der Waals surface area contributed by atoms with Crippen LogP contribution in [-0.4, -0.2) is 16.5 Å². The predicted octanol–water partition coefficient (Wildman–Crippen LogP) is 1.70. The molecular weight excluding hydrogens is 188 g/mol. The molecule has 0 aromatic carbocycles. The topological polar surface area (TPSA) is 37.3 Å². The fraction of sp³-hybridized carbons (Fsp3) is 0.615. The molecule has 0 heterocycles. The molecule has 2 bridgehead atoms. The number of Topliss-reactive ketones (excluding diaryl/α,β-unsaturated/α-hetero) is 1. The van der Waals surface area contributed by atoms with Gasteiger partial charge in [0.05, 0.1) is 5.60 Å². The molecule has 3 aliphatic rings. The summed E-state index contributed by atoms with van der Waals surface area (Å²) in [6.07, 6.45) is 7.59. The van der Waals surface area contributed by atoms with Crippen LogP contribution in [0.1, 0.15) is 20.3 Å². The van der Waals surface area contributed by atoms with Crippen molar-refractivity contribution in [2.45, 2.75) is 25.9 Å². The molecule has 0 aromatic heterocycles. The van der Waals surface area contributed by atoms with Crippen molar-refractivity contribution in [2.75, 3.05) is 0 Å². The highest BCUT2D eigenvalue weighted by molar-refractivity contribution is 6.02. The van der Waals surface area contributed by atoms with Crippen LogP contribution < -0.4 is 0 Å². The molecule has 15 heavy (non-hydrogen) atoms. The van der Waals surface area contributed by atoms with Crippen LogP contribution in [0.3, 0.4) is 0 Å². The Morgan fingerprint density at radius 1 is 1.33 bits per heavy atom. The van der Waals surface area contributed by atoms with Gasteiger partial charge in [-0.25, -0.2) is 0 Å². The summed E-state index contributed by atoms with van der Waals surface area (Å²) >= 11 is 0. The van der Waals surface area contributed by atoms with Gasteiger partial charge in [0, 0.05) is 11.5 Å². The lowest BCUT2D eigenvalue weighted by molar-refractivity contribution is -0.121. The Labute approximate surface area is 89.7 Å². The van der Waals surface area contributed by atoms with Gasteiger partial charge in [-0.1, -0.05) is 18.2 Å². The normalized spacial score (nSPS) is 42.3. The van der Waals surface area contributed by atoms with E-state index in [0.717, 1.165) is 6.42 Å². The number of rotatable bonds is 1. The van der Waals surface area contributed by atoms with Crippen LogP contribution in [-0.2, 0) is 4.79 Å². The maximum absolute atomic E-state index is 12.2. The van der Waals surface area contributed by atoms with Crippen LogP contribution in [0.25, 0.3) is 0 Å². The SMILES string of the molecule is CC(C)(O)C1=C[C@H]2[C@@H](C1=O)[C@@H]1C=C[C@H]2C1.